The number of carboxylic acids is 1. The minimum absolute atomic E-state index is 0.0543. The Hall–Kier alpha value is -3.35. The molecule has 7 nitrogen and oxygen atoms in total. The van der Waals surface area contributed by atoms with Crippen molar-refractivity contribution in [3.63, 3.8) is 0 Å². The molecular formula is C27H30N2O5. The molecule has 3 aliphatic rings. The minimum Gasteiger partial charge on any atom is -0.481 e. The summed E-state index contributed by atoms with van der Waals surface area (Å²) in [4.78, 5) is 37.4. The number of carbonyl (C=O) groups is 3. The highest BCUT2D eigenvalue weighted by Gasteiger charge is 2.45. The summed E-state index contributed by atoms with van der Waals surface area (Å²) in [5.41, 5.74) is 3.52. The summed E-state index contributed by atoms with van der Waals surface area (Å²) >= 11 is 0. The molecule has 5 rings (SSSR count). The van der Waals surface area contributed by atoms with Crippen LogP contribution in [0, 0.1) is 5.92 Å². The van der Waals surface area contributed by atoms with Crippen LogP contribution >= 0.6 is 0 Å². The number of carboxylic acid groups (broad SMARTS) is 1. The van der Waals surface area contributed by atoms with Crippen molar-refractivity contribution >= 4 is 18.0 Å². The van der Waals surface area contributed by atoms with Gasteiger partial charge in [0.05, 0.1) is 6.42 Å². The first kappa shape index (κ1) is 22.4. The first-order valence-corrected chi connectivity index (χ1v) is 12.1. The second-order valence-corrected chi connectivity index (χ2v) is 9.76. The van der Waals surface area contributed by atoms with Gasteiger partial charge in [-0.1, -0.05) is 61.4 Å². The van der Waals surface area contributed by atoms with Gasteiger partial charge in [-0.3, -0.25) is 9.59 Å². The topological polar surface area (TPSA) is 105 Å². The van der Waals surface area contributed by atoms with Crippen LogP contribution in [0.5, 0.6) is 0 Å². The lowest BCUT2D eigenvalue weighted by Crippen LogP contribution is -2.59. The molecule has 7 heteroatoms. The van der Waals surface area contributed by atoms with Crippen molar-refractivity contribution in [2.24, 2.45) is 5.92 Å². The Morgan fingerprint density at radius 2 is 1.56 bits per heavy atom. The number of carbonyl (C=O) groups excluding carboxylic acids is 2. The van der Waals surface area contributed by atoms with Gasteiger partial charge in [0.25, 0.3) is 0 Å². The van der Waals surface area contributed by atoms with Crippen LogP contribution in [0.3, 0.4) is 0 Å². The average molecular weight is 463 g/mol. The zero-order valence-corrected chi connectivity index (χ0v) is 19.1. The van der Waals surface area contributed by atoms with E-state index in [0.717, 1.165) is 47.9 Å². The SMILES string of the molecule is O=C(O)CC(NC(=O)C1(NC(=O)OCC2c3ccccc3-c3ccccc32)CCCC1)C1CC1. The van der Waals surface area contributed by atoms with Gasteiger partial charge in [0.2, 0.25) is 5.91 Å². The van der Waals surface area contributed by atoms with Gasteiger partial charge in [0, 0.05) is 12.0 Å². The molecule has 1 atom stereocenters. The van der Waals surface area contributed by atoms with Gasteiger partial charge >= 0.3 is 12.1 Å². The largest absolute Gasteiger partial charge is 0.481 e. The van der Waals surface area contributed by atoms with Crippen LogP contribution in [0.1, 0.15) is 62.0 Å². The number of hydrogen-bond donors (Lipinski definition) is 3. The van der Waals surface area contributed by atoms with E-state index in [1.807, 2.05) is 24.3 Å². The Balaban J connectivity index is 1.26. The Morgan fingerprint density at radius 1 is 0.971 bits per heavy atom. The second-order valence-electron chi connectivity index (χ2n) is 9.76. The zero-order chi connectivity index (χ0) is 23.7. The Bertz CT molecular complexity index is 1060. The van der Waals surface area contributed by atoms with Gasteiger partial charge in [-0.2, -0.15) is 0 Å². The molecule has 0 aromatic heterocycles. The number of fused-ring (bicyclic) bond motifs is 3. The van der Waals surface area contributed by atoms with E-state index in [2.05, 4.69) is 34.9 Å². The molecule has 178 valence electrons. The predicted molar refractivity (Wildman–Crippen MR) is 126 cm³/mol. The lowest BCUT2D eigenvalue weighted by Gasteiger charge is -2.31. The highest BCUT2D eigenvalue weighted by atomic mass is 16.5. The molecule has 0 radical (unpaired) electrons. The second kappa shape index (κ2) is 9.12. The number of hydrogen-bond acceptors (Lipinski definition) is 4. The summed E-state index contributed by atoms with van der Waals surface area (Å²) in [5, 5.41) is 15.0. The normalized spacial score (nSPS) is 19.1. The van der Waals surface area contributed by atoms with Crippen LogP contribution in [-0.4, -0.2) is 41.3 Å². The fourth-order valence-electron chi connectivity index (χ4n) is 5.55. The van der Waals surface area contributed by atoms with Gasteiger partial charge in [0.15, 0.2) is 0 Å². The summed E-state index contributed by atoms with van der Waals surface area (Å²) in [5.74, 6) is -1.08. The summed E-state index contributed by atoms with van der Waals surface area (Å²) in [6, 6.07) is 15.9. The molecule has 0 bridgehead atoms. The van der Waals surface area contributed by atoms with E-state index in [1.165, 1.54) is 0 Å². The van der Waals surface area contributed by atoms with E-state index in [1.54, 1.807) is 0 Å². The van der Waals surface area contributed by atoms with Crippen LogP contribution in [0.15, 0.2) is 48.5 Å². The summed E-state index contributed by atoms with van der Waals surface area (Å²) in [6.07, 6.45) is 3.82. The van der Waals surface area contributed by atoms with Crippen molar-refractivity contribution in [2.45, 2.75) is 62.4 Å². The van der Waals surface area contributed by atoms with E-state index >= 15 is 0 Å². The quantitative estimate of drug-likeness (QED) is 0.545. The van der Waals surface area contributed by atoms with E-state index in [-0.39, 0.29) is 30.8 Å². The fourth-order valence-corrected chi connectivity index (χ4v) is 5.55. The lowest BCUT2D eigenvalue weighted by molar-refractivity contribution is -0.138. The summed E-state index contributed by atoms with van der Waals surface area (Å²) in [6.45, 7) is 0.182. The molecular weight excluding hydrogens is 432 g/mol. The number of alkyl carbamates (subject to hydrolysis) is 1. The average Bonchev–Trinajstić information content (AvgIpc) is 3.49. The molecule has 1 unspecified atom stereocenters. The smallest absolute Gasteiger partial charge is 0.408 e. The lowest BCUT2D eigenvalue weighted by atomic mass is 9.95. The molecule has 34 heavy (non-hydrogen) atoms. The van der Waals surface area contributed by atoms with Crippen molar-refractivity contribution in [1.29, 1.82) is 0 Å². The minimum atomic E-state index is -1.05. The van der Waals surface area contributed by atoms with Gasteiger partial charge in [-0.15, -0.1) is 0 Å². The molecule has 0 aliphatic heterocycles. The maximum absolute atomic E-state index is 13.2. The maximum Gasteiger partial charge on any atom is 0.408 e. The number of amides is 2. The van der Waals surface area contributed by atoms with Gasteiger partial charge in [-0.25, -0.2) is 4.79 Å². The summed E-state index contributed by atoms with van der Waals surface area (Å²) < 4.78 is 5.68. The van der Waals surface area contributed by atoms with Gasteiger partial charge < -0.3 is 20.5 Å². The van der Waals surface area contributed by atoms with Gasteiger partial charge in [-0.05, 0) is 53.9 Å². The Labute approximate surface area is 198 Å². The number of nitrogens with one attached hydrogen (secondary N) is 2. The summed E-state index contributed by atoms with van der Waals surface area (Å²) in [7, 11) is 0. The van der Waals surface area contributed by atoms with E-state index in [9.17, 15) is 19.5 Å². The number of benzene rings is 2. The number of ether oxygens (including phenoxy) is 1. The van der Waals surface area contributed by atoms with Crippen LogP contribution in [0.2, 0.25) is 0 Å². The number of rotatable bonds is 8. The molecule has 0 spiro atoms. The van der Waals surface area contributed by atoms with Crippen molar-refractivity contribution in [2.75, 3.05) is 6.61 Å². The maximum atomic E-state index is 13.2. The highest BCUT2D eigenvalue weighted by molar-refractivity contribution is 5.91. The first-order chi connectivity index (χ1) is 16.5. The molecule has 2 aromatic carbocycles. The molecule has 2 fully saturated rings. The first-order valence-electron chi connectivity index (χ1n) is 12.1. The van der Waals surface area contributed by atoms with Gasteiger partial charge in [0.1, 0.15) is 12.1 Å². The monoisotopic (exact) mass is 462 g/mol. The zero-order valence-electron chi connectivity index (χ0n) is 19.1. The third-order valence-electron chi connectivity index (χ3n) is 7.48. The number of aliphatic carboxylic acids is 1. The molecule has 3 aliphatic carbocycles. The molecule has 0 heterocycles. The van der Waals surface area contributed by atoms with Crippen LogP contribution < -0.4 is 10.6 Å². The molecule has 2 saturated carbocycles. The highest BCUT2D eigenvalue weighted by Crippen LogP contribution is 2.44. The molecule has 2 aromatic rings. The standard InChI is InChI=1S/C27H30N2O5/c30-24(31)15-23(17-11-12-17)28-25(32)27(13-5-6-14-27)29-26(33)34-16-22-20-9-3-1-7-18(20)19-8-2-4-10-21(19)22/h1-4,7-10,17,22-23H,5-6,11-16H2,(H,28,32)(H,29,33)(H,30,31). The van der Waals surface area contributed by atoms with Crippen LogP contribution in [0.4, 0.5) is 4.79 Å². The fraction of sp³-hybridized carbons (Fsp3) is 0.444. The Kier molecular flexibility index (Phi) is 6.02. The van der Waals surface area contributed by atoms with E-state index < -0.39 is 23.6 Å². The van der Waals surface area contributed by atoms with Crippen molar-refractivity contribution < 1.29 is 24.2 Å². The van der Waals surface area contributed by atoms with Crippen molar-refractivity contribution in [3.8, 4) is 11.1 Å². The van der Waals surface area contributed by atoms with E-state index in [4.69, 9.17) is 4.74 Å². The van der Waals surface area contributed by atoms with Crippen LogP contribution in [0.25, 0.3) is 11.1 Å². The third-order valence-corrected chi connectivity index (χ3v) is 7.48. The van der Waals surface area contributed by atoms with Crippen molar-refractivity contribution in [3.05, 3.63) is 59.7 Å². The molecule has 2 amide bonds. The van der Waals surface area contributed by atoms with Crippen LogP contribution in [-0.2, 0) is 14.3 Å². The third kappa shape index (κ3) is 4.39. The predicted octanol–water partition coefficient (Wildman–Crippen LogP) is 4.21. The van der Waals surface area contributed by atoms with Crippen molar-refractivity contribution in [1.82, 2.24) is 10.6 Å². The molecule has 0 saturated heterocycles. The molecule has 3 N–H and O–H groups in total. The van der Waals surface area contributed by atoms with E-state index in [0.29, 0.717) is 12.8 Å². The Morgan fingerprint density at radius 3 is 2.12 bits per heavy atom.